The second-order valence-corrected chi connectivity index (χ2v) is 21.7. The third-order valence-electron chi connectivity index (χ3n) is 8.05. The number of furan rings is 1. The molecule has 1 aromatic rings. The largest absolute Gasteiger partial charge is 0.470 e. The number of rotatable bonds is 3. The molecule has 4 heteroatoms. The van der Waals surface area contributed by atoms with Crippen LogP contribution >= 0.6 is 0 Å². The second-order valence-electron chi connectivity index (χ2n) is 12.0. The first-order chi connectivity index (χ1) is 12.6. The van der Waals surface area contributed by atoms with E-state index in [1.807, 2.05) is 0 Å². The molecule has 0 unspecified atom stereocenters. The first kappa shape index (κ1) is 22.1. The zero-order valence-corrected chi connectivity index (χ0v) is 22.2. The van der Waals surface area contributed by atoms with Gasteiger partial charge in [-0.1, -0.05) is 59.4 Å². The van der Waals surface area contributed by atoms with Crippen molar-refractivity contribution in [2.75, 3.05) is 0 Å². The van der Waals surface area contributed by atoms with Crippen LogP contribution in [0, 0.1) is 18.3 Å². The highest BCUT2D eigenvalue weighted by Gasteiger charge is 2.53. The lowest BCUT2D eigenvalue weighted by atomic mass is 9.59. The molecule has 0 fully saturated rings. The van der Waals surface area contributed by atoms with E-state index in [1.165, 1.54) is 35.1 Å². The van der Waals surface area contributed by atoms with Crippen molar-refractivity contribution in [2.45, 2.75) is 105 Å². The van der Waals surface area contributed by atoms with Crippen molar-refractivity contribution in [3.63, 3.8) is 0 Å². The first-order valence-electron chi connectivity index (χ1n) is 11.1. The highest BCUT2D eigenvalue weighted by molar-refractivity contribution is 6.91. The highest BCUT2D eigenvalue weighted by atomic mass is 28.4. The van der Waals surface area contributed by atoms with Crippen LogP contribution in [0.5, 0.6) is 0 Å². The lowest BCUT2D eigenvalue weighted by Crippen LogP contribution is -2.50. The van der Waals surface area contributed by atoms with Crippen LogP contribution in [-0.2, 0) is 10.8 Å². The van der Waals surface area contributed by atoms with Gasteiger partial charge in [-0.3, -0.25) is 0 Å². The summed E-state index contributed by atoms with van der Waals surface area (Å²) in [6.07, 6.45) is 6.04. The van der Waals surface area contributed by atoms with Crippen molar-refractivity contribution < 1.29 is 8.84 Å². The first-order valence-corrected chi connectivity index (χ1v) is 17.5. The van der Waals surface area contributed by atoms with E-state index in [0.29, 0.717) is 5.92 Å². The molecule has 2 nitrogen and oxygen atoms in total. The third-order valence-corrected chi connectivity index (χ3v) is 14.4. The number of hydrogen-bond acceptors (Lipinski definition) is 2. The molecule has 0 saturated heterocycles. The molecular weight excluding hydrogens is 376 g/mol. The van der Waals surface area contributed by atoms with Crippen LogP contribution in [0.25, 0.3) is 0 Å². The summed E-state index contributed by atoms with van der Waals surface area (Å²) in [4.78, 5) is 0. The molecule has 2 aliphatic carbocycles. The molecule has 158 valence electrons. The van der Waals surface area contributed by atoms with Crippen molar-refractivity contribution in [3.05, 3.63) is 28.5 Å². The fraction of sp³-hybridized carbons (Fsp3) is 0.750. The molecule has 0 amide bonds. The van der Waals surface area contributed by atoms with Gasteiger partial charge >= 0.3 is 0 Å². The van der Waals surface area contributed by atoms with Crippen molar-refractivity contribution in [2.24, 2.45) is 11.3 Å². The van der Waals surface area contributed by atoms with Gasteiger partial charge in [-0.2, -0.15) is 0 Å². The third kappa shape index (κ3) is 3.33. The molecule has 0 N–H and O–H groups in total. The molecule has 0 spiro atoms. The van der Waals surface area contributed by atoms with Gasteiger partial charge in [0.15, 0.2) is 8.32 Å². The zero-order chi connectivity index (χ0) is 21.3. The number of allylic oxidation sites excluding steroid dienone is 1. The van der Waals surface area contributed by atoms with Crippen LogP contribution in [0.1, 0.15) is 70.5 Å². The normalized spacial score (nSPS) is 28.6. The van der Waals surface area contributed by atoms with Crippen molar-refractivity contribution >= 4 is 21.8 Å². The summed E-state index contributed by atoms with van der Waals surface area (Å²) in [5.74, 6) is 1.83. The number of fused-ring (bicyclic) bond motifs is 2. The van der Waals surface area contributed by atoms with Crippen LogP contribution in [0.3, 0.4) is 0 Å². The lowest BCUT2D eigenvalue weighted by Gasteiger charge is -2.50. The van der Waals surface area contributed by atoms with E-state index in [-0.39, 0.29) is 16.6 Å². The SMILES string of the molecule is Cc1c([Si](C)(C)C(C)(C)C)oc2c1[C@@H](O[Si](C)(C)C)[C@@]1(C)C(=CCC[C@@H]1C)C2. The van der Waals surface area contributed by atoms with Gasteiger partial charge in [0.25, 0.3) is 0 Å². The fourth-order valence-corrected chi connectivity index (χ4v) is 8.24. The van der Waals surface area contributed by atoms with E-state index in [2.05, 4.69) is 80.4 Å². The summed E-state index contributed by atoms with van der Waals surface area (Å²) in [5.41, 5.74) is 4.43. The Morgan fingerprint density at radius 3 is 2.29 bits per heavy atom. The lowest BCUT2D eigenvalue weighted by molar-refractivity contribution is 0.0199. The maximum atomic E-state index is 6.99. The van der Waals surface area contributed by atoms with E-state index in [1.54, 1.807) is 5.57 Å². The Balaban J connectivity index is 2.24. The fourth-order valence-electron chi connectivity index (χ4n) is 5.04. The Morgan fingerprint density at radius 2 is 1.75 bits per heavy atom. The topological polar surface area (TPSA) is 22.4 Å². The van der Waals surface area contributed by atoms with Crippen LogP contribution in [0.2, 0.25) is 37.8 Å². The maximum absolute atomic E-state index is 6.99. The van der Waals surface area contributed by atoms with Crippen LogP contribution in [0.15, 0.2) is 16.1 Å². The molecule has 1 aromatic heterocycles. The minimum absolute atomic E-state index is 0.0882. The van der Waals surface area contributed by atoms with Crippen molar-refractivity contribution in [1.82, 2.24) is 0 Å². The van der Waals surface area contributed by atoms with Crippen molar-refractivity contribution in [3.8, 4) is 0 Å². The molecule has 3 atom stereocenters. The maximum Gasteiger partial charge on any atom is 0.184 e. The average molecular weight is 419 g/mol. The predicted molar refractivity (Wildman–Crippen MR) is 126 cm³/mol. The van der Waals surface area contributed by atoms with Gasteiger partial charge < -0.3 is 8.84 Å². The van der Waals surface area contributed by atoms with Gasteiger partial charge in [0.1, 0.15) is 13.8 Å². The van der Waals surface area contributed by atoms with E-state index in [9.17, 15) is 0 Å². The molecule has 1 heterocycles. The molecule has 0 radical (unpaired) electrons. The Labute approximate surface area is 175 Å². The second kappa shape index (κ2) is 6.71. The minimum atomic E-state index is -1.75. The molecular formula is C24H42O2Si2. The monoisotopic (exact) mass is 418 g/mol. The van der Waals surface area contributed by atoms with Crippen LogP contribution < -0.4 is 5.38 Å². The van der Waals surface area contributed by atoms with Gasteiger partial charge in [0, 0.05) is 17.4 Å². The molecule has 0 bridgehead atoms. The summed E-state index contributed by atoms with van der Waals surface area (Å²) >= 11 is 0. The molecule has 3 rings (SSSR count). The summed E-state index contributed by atoms with van der Waals surface area (Å²) < 4.78 is 13.8. The molecule has 2 aliphatic rings. The molecule has 0 aromatic carbocycles. The molecule has 28 heavy (non-hydrogen) atoms. The average Bonchev–Trinajstić information content (AvgIpc) is 2.85. The van der Waals surface area contributed by atoms with Crippen molar-refractivity contribution in [1.29, 1.82) is 0 Å². The van der Waals surface area contributed by atoms with Gasteiger partial charge in [0.2, 0.25) is 0 Å². The van der Waals surface area contributed by atoms with E-state index in [0.717, 1.165) is 6.42 Å². The smallest absolute Gasteiger partial charge is 0.184 e. The van der Waals surface area contributed by atoms with E-state index >= 15 is 0 Å². The van der Waals surface area contributed by atoms with Gasteiger partial charge in [0.05, 0.1) is 11.5 Å². The van der Waals surface area contributed by atoms with E-state index in [4.69, 9.17) is 8.84 Å². The Bertz CT molecular complexity index is 789. The standard InChI is InChI=1S/C24H42O2Si2/c1-16-13-12-14-18-15-19-20(21(24(16,18)6)26-27(7,8)9)17(2)22(25-19)28(10,11)23(3,4)5/h14,16,21H,12-13,15H2,1-11H3/t16-,21+,24+/m0/s1. The molecule has 0 saturated carbocycles. The predicted octanol–water partition coefficient (Wildman–Crippen LogP) is 7.11. The van der Waals surface area contributed by atoms with Gasteiger partial charge in [-0.25, -0.2) is 0 Å². The van der Waals surface area contributed by atoms with Gasteiger partial charge in [-0.05, 0) is 55.9 Å². The minimum Gasteiger partial charge on any atom is -0.470 e. The number of hydrogen-bond donors (Lipinski definition) is 0. The van der Waals surface area contributed by atoms with Gasteiger partial charge in [-0.15, -0.1) is 0 Å². The summed E-state index contributed by atoms with van der Waals surface area (Å²) in [5, 5.41) is 1.56. The Kier molecular flexibility index (Phi) is 5.30. The molecule has 0 aliphatic heterocycles. The zero-order valence-electron chi connectivity index (χ0n) is 20.2. The highest BCUT2D eigenvalue weighted by Crippen LogP contribution is 2.58. The summed E-state index contributed by atoms with van der Waals surface area (Å²) in [7, 11) is -3.47. The summed E-state index contributed by atoms with van der Waals surface area (Å²) in [6.45, 7) is 26.3. The Hall–Kier alpha value is -0.586. The Morgan fingerprint density at radius 1 is 1.14 bits per heavy atom. The summed E-state index contributed by atoms with van der Waals surface area (Å²) in [6, 6.07) is 0. The van der Waals surface area contributed by atoms with Crippen LogP contribution in [0.4, 0.5) is 0 Å². The quantitative estimate of drug-likeness (QED) is 0.385. The van der Waals surface area contributed by atoms with E-state index < -0.39 is 16.4 Å². The van der Waals surface area contributed by atoms with Crippen LogP contribution in [-0.4, -0.2) is 16.4 Å².